The largest absolute Gasteiger partial charge is 0.372 e. The molecule has 1 aromatic carbocycles. The highest BCUT2D eigenvalue weighted by Crippen LogP contribution is 2.22. The van der Waals surface area contributed by atoms with Gasteiger partial charge in [0.2, 0.25) is 0 Å². The average Bonchev–Trinajstić information content (AvgIpc) is 3.16. The van der Waals surface area contributed by atoms with E-state index in [0.29, 0.717) is 6.04 Å². The molecular weight excluding hydrogens is 300 g/mol. The van der Waals surface area contributed by atoms with Crippen LogP contribution in [0.1, 0.15) is 33.1 Å². The van der Waals surface area contributed by atoms with Crippen LogP contribution in [0.2, 0.25) is 0 Å². The number of rotatable bonds is 4. The summed E-state index contributed by atoms with van der Waals surface area (Å²) >= 11 is 0. The van der Waals surface area contributed by atoms with E-state index in [2.05, 4.69) is 41.1 Å². The molecule has 0 saturated carbocycles. The molecule has 0 spiro atoms. The Bertz CT molecular complexity index is 531. The number of piperazine rings is 1. The molecule has 0 aromatic heterocycles. The summed E-state index contributed by atoms with van der Waals surface area (Å²) < 4.78 is 0. The molecule has 24 heavy (non-hydrogen) atoms. The molecule has 0 aliphatic carbocycles. The Morgan fingerprint density at radius 2 is 1.67 bits per heavy atom. The van der Waals surface area contributed by atoms with Crippen molar-refractivity contribution in [2.45, 2.75) is 39.2 Å². The van der Waals surface area contributed by atoms with Gasteiger partial charge >= 0.3 is 6.03 Å². The standard InChI is InChI=1S/C19H30N4O/c1-3-16(2)21-12-14-23(15-13-21)19(24)20-17-6-8-18(9-7-17)22-10-4-5-11-22/h6-9,16H,3-5,10-15H2,1-2H3,(H,20,24). The molecule has 2 aliphatic rings. The van der Waals surface area contributed by atoms with Crippen LogP contribution < -0.4 is 10.2 Å². The third kappa shape index (κ3) is 4.01. The van der Waals surface area contributed by atoms with E-state index in [0.717, 1.165) is 51.4 Å². The summed E-state index contributed by atoms with van der Waals surface area (Å²) in [5.41, 5.74) is 2.14. The van der Waals surface area contributed by atoms with Crippen LogP contribution in [0.4, 0.5) is 16.2 Å². The van der Waals surface area contributed by atoms with E-state index >= 15 is 0 Å². The number of nitrogens with one attached hydrogen (secondary N) is 1. The lowest BCUT2D eigenvalue weighted by atomic mass is 10.2. The molecule has 5 heteroatoms. The molecule has 132 valence electrons. The van der Waals surface area contributed by atoms with Gasteiger partial charge in [-0.05, 0) is 50.5 Å². The second-order valence-electron chi connectivity index (χ2n) is 6.95. The van der Waals surface area contributed by atoms with Gasteiger partial charge < -0.3 is 15.1 Å². The zero-order valence-electron chi connectivity index (χ0n) is 15.0. The van der Waals surface area contributed by atoms with Crippen LogP contribution in [0.3, 0.4) is 0 Å². The van der Waals surface area contributed by atoms with Gasteiger partial charge in [-0.15, -0.1) is 0 Å². The molecule has 0 bridgehead atoms. The third-order valence-electron chi connectivity index (χ3n) is 5.41. The first-order valence-electron chi connectivity index (χ1n) is 9.32. The number of carbonyl (C=O) groups excluding carboxylic acids is 1. The predicted octanol–water partition coefficient (Wildman–Crippen LogP) is 3.23. The number of carbonyl (C=O) groups is 1. The maximum atomic E-state index is 12.4. The van der Waals surface area contributed by atoms with Crippen molar-refractivity contribution < 1.29 is 4.79 Å². The molecule has 2 fully saturated rings. The summed E-state index contributed by atoms with van der Waals surface area (Å²) in [4.78, 5) is 19.2. The van der Waals surface area contributed by atoms with E-state index in [1.165, 1.54) is 18.5 Å². The lowest BCUT2D eigenvalue weighted by Crippen LogP contribution is -2.52. The van der Waals surface area contributed by atoms with Crippen LogP contribution in [0.25, 0.3) is 0 Å². The summed E-state index contributed by atoms with van der Waals surface area (Å²) in [7, 11) is 0. The number of amides is 2. The molecule has 1 atom stereocenters. The van der Waals surface area contributed by atoms with Crippen molar-refractivity contribution in [1.82, 2.24) is 9.80 Å². The Morgan fingerprint density at radius 1 is 1.04 bits per heavy atom. The molecule has 2 saturated heterocycles. The van der Waals surface area contributed by atoms with Crippen LogP contribution in [-0.2, 0) is 0 Å². The minimum absolute atomic E-state index is 0.0210. The lowest BCUT2D eigenvalue weighted by molar-refractivity contribution is 0.117. The van der Waals surface area contributed by atoms with Crippen LogP contribution >= 0.6 is 0 Å². The van der Waals surface area contributed by atoms with E-state index in [-0.39, 0.29) is 6.03 Å². The van der Waals surface area contributed by atoms with Crippen molar-refractivity contribution in [3.8, 4) is 0 Å². The van der Waals surface area contributed by atoms with E-state index in [9.17, 15) is 4.79 Å². The van der Waals surface area contributed by atoms with E-state index in [1.807, 2.05) is 17.0 Å². The Labute approximate surface area is 145 Å². The Hall–Kier alpha value is -1.75. The minimum atomic E-state index is 0.0210. The summed E-state index contributed by atoms with van der Waals surface area (Å²) in [6.07, 6.45) is 3.72. The summed E-state index contributed by atoms with van der Waals surface area (Å²) in [6, 6.07) is 8.88. The van der Waals surface area contributed by atoms with Crippen molar-refractivity contribution in [3.63, 3.8) is 0 Å². The normalized spacial score (nSPS) is 20.2. The fraction of sp³-hybridized carbons (Fsp3) is 0.632. The zero-order valence-corrected chi connectivity index (χ0v) is 15.0. The Kier molecular flexibility index (Phi) is 5.61. The second kappa shape index (κ2) is 7.88. The maximum absolute atomic E-state index is 12.4. The highest BCUT2D eigenvalue weighted by molar-refractivity contribution is 5.89. The molecule has 2 aliphatic heterocycles. The van der Waals surface area contributed by atoms with Gasteiger partial charge in [0.25, 0.3) is 0 Å². The molecule has 0 radical (unpaired) electrons. The smallest absolute Gasteiger partial charge is 0.321 e. The molecular formula is C19H30N4O. The van der Waals surface area contributed by atoms with E-state index in [4.69, 9.17) is 0 Å². The fourth-order valence-electron chi connectivity index (χ4n) is 3.56. The predicted molar refractivity (Wildman–Crippen MR) is 99.8 cm³/mol. The van der Waals surface area contributed by atoms with Gasteiger partial charge in [0.1, 0.15) is 0 Å². The minimum Gasteiger partial charge on any atom is -0.372 e. The van der Waals surface area contributed by atoms with Crippen LogP contribution in [0.15, 0.2) is 24.3 Å². The van der Waals surface area contributed by atoms with Crippen LogP contribution in [-0.4, -0.2) is 61.1 Å². The monoisotopic (exact) mass is 330 g/mol. The van der Waals surface area contributed by atoms with Gasteiger partial charge in [0.05, 0.1) is 0 Å². The molecule has 2 heterocycles. The first-order chi connectivity index (χ1) is 11.7. The topological polar surface area (TPSA) is 38.8 Å². The fourth-order valence-corrected chi connectivity index (χ4v) is 3.56. The number of urea groups is 1. The van der Waals surface area contributed by atoms with Gasteiger partial charge in [-0.25, -0.2) is 4.79 Å². The Morgan fingerprint density at radius 3 is 2.25 bits per heavy atom. The van der Waals surface area contributed by atoms with Crippen molar-refractivity contribution >= 4 is 17.4 Å². The van der Waals surface area contributed by atoms with Gasteiger partial charge in [0.15, 0.2) is 0 Å². The highest BCUT2D eigenvalue weighted by atomic mass is 16.2. The number of anilines is 2. The maximum Gasteiger partial charge on any atom is 0.321 e. The van der Waals surface area contributed by atoms with Crippen molar-refractivity contribution in [2.24, 2.45) is 0 Å². The lowest BCUT2D eigenvalue weighted by Gasteiger charge is -2.37. The van der Waals surface area contributed by atoms with Gasteiger partial charge in [-0.3, -0.25) is 4.90 Å². The molecule has 1 N–H and O–H groups in total. The van der Waals surface area contributed by atoms with E-state index < -0.39 is 0 Å². The number of hydrogen-bond acceptors (Lipinski definition) is 3. The molecule has 1 aromatic rings. The van der Waals surface area contributed by atoms with E-state index in [1.54, 1.807) is 0 Å². The molecule has 5 nitrogen and oxygen atoms in total. The highest BCUT2D eigenvalue weighted by Gasteiger charge is 2.23. The molecule has 1 unspecified atom stereocenters. The average molecular weight is 330 g/mol. The summed E-state index contributed by atoms with van der Waals surface area (Å²) in [6.45, 7) is 10.3. The van der Waals surface area contributed by atoms with Crippen molar-refractivity contribution in [1.29, 1.82) is 0 Å². The van der Waals surface area contributed by atoms with Crippen molar-refractivity contribution in [2.75, 3.05) is 49.5 Å². The number of hydrogen-bond donors (Lipinski definition) is 1. The number of nitrogens with zero attached hydrogens (tertiary/aromatic N) is 3. The summed E-state index contributed by atoms with van der Waals surface area (Å²) in [5, 5.41) is 3.04. The number of benzene rings is 1. The third-order valence-corrected chi connectivity index (χ3v) is 5.41. The quantitative estimate of drug-likeness (QED) is 0.921. The molecule has 3 rings (SSSR count). The Balaban J connectivity index is 1.50. The second-order valence-corrected chi connectivity index (χ2v) is 6.95. The first-order valence-corrected chi connectivity index (χ1v) is 9.32. The van der Waals surface area contributed by atoms with Gasteiger partial charge in [-0.1, -0.05) is 6.92 Å². The van der Waals surface area contributed by atoms with Gasteiger partial charge in [-0.2, -0.15) is 0 Å². The first kappa shape index (κ1) is 17.1. The zero-order chi connectivity index (χ0) is 16.9. The van der Waals surface area contributed by atoms with Crippen molar-refractivity contribution in [3.05, 3.63) is 24.3 Å². The summed E-state index contributed by atoms with van der Waals surface area (Å²) in [5.74, 6) is 0. The SMILES string of the molecule is CCC(C)N1CCN(C(=O)Nc2ccc(N3CCCC3)cc2)CC1. The van der Waals surface area contributed by atoms with Gasteiger partial charge in [0, 0.05) is 56.7 Å². The van der Waals surface area contributed by atoms with Crippen LogP contribution in [0.5, 0.6) is 0 Å². The van der Waals surface area contributed by atoms with Crippen LogP contribution in [0, 0.1) is 0 Å². The molecule has 2 amide bonds.